The van der Waals surface area contributed by atoms with E-state index >= 15 is 0 Å². The largest absolute Gasteiger partial charge is 0.383 e. The number of carbonyl (C=O) groups is 1. The molecule has 0 fully saturated rings. The van der Waals surface area contributed by atoms with E-state index in [2.05, 4.69) is 0 Å². The fraction of sp³-hybridized carbons (Fsp3) is 0.818. The molecule has 0 spiro atoms. The van der Waals surface area contributed by atoms with Gasteiger partial charge in [0.25, 0.3) is 0 Å². The van der Waals surface area contributed by atoms with Crippen LogP contribution in [0.2, 0.25) is 0 Å². The Morgan fingerprint density at radius 1 is 1.44 bits per heavy atom. The van der Waals surface area contributed by atoms with E-state index in [0.29, 0.717) is 39.1 Å². The second-order valence-electron chi connectivity index (χ2n) is 3.53. The second-order valence-corrected chi connectivity index (χ2v) is 3.53. The first-order chi connectivity index (χ1) is 7.76. The molecular weight excluding hydrogens is 206 g/mol. The highest BCUT2D eigenvalue weighted by molar-refractivity contribution is 5.76. The number of rotatable bonds is 9. The SMILES string of the molecule is COCCN(CCC#N)C(=O)CCCCN. The molecule has 0 rings (SSSR count). The molecule has 0 atom stereocenters. The molecule has 5 heteroatoms. The standard InChI is InChI=1S/C11H21N3O2/c1-16-10-9-14(8-4-7-13)11(15)5-2-3-6-12/h2-6,8-10,12H2,1H3. The van der Waals surface area contributed by atoms with Crippen molar-refractivity contribution in [1.82, 2.24) is 4.90 Å². The van der Waals surface area contributed by atoms with Crippen LogP contribution < -0.4 is 5.73 Å². The van der Waals surface area contributed by atoms with Gasteiger partial charge in [-0.3, -0.25) is 4.79 Å². The van der Waals surface area contributed by atoms with Crippen LogP contribution in [-0.2, 0) is 9.53 Å². The molecule has 0 aromatic heterocycles. The summed E-state index contributed by atoms with van der Waals surface area (Å²) in [5.74, 6) is 0.0840. The maximum atomic E-state index is 11.7. The molecule has 16 heavy (non-hydrogen) atoms. The molecule has 1 amide bonds. The zero-order valence-corrected chi connectivity index (χ0v) is 9.95. The molecule has 0 radical (unpaired) electrons. The van der Waals surface area contributed by atoms with Gasteiger partial charge in [0.2, 0.25) is 5.91 Å². The number of hydrogen-bond acceptors (Lipinski definition) is 4. The van der Waals surface area contributed by atoms with Gasteiger partial charge in [0, 0.05) is 26.6 Å². The first-order valence-corrected chi connectivity index (χ1v) is 5.60. The fourth-order valence-corrected chi connectivity index (χ4v) is 1.33. The minimum absolute atomic E-state index is 0.0840. The van der Waals surface area contributed by atoms with Crippen molar-refractivity contribution in [1.29, 1.82) is 5.26 Å². The van der Waals surface area contributed by atoms with Gasteiger partial charge in [0.1, 0.15) is 0 Å². The topological polar surface area (TPSA) is 79.3 Å². The van der Waals surface area contributed by atoms with Crippen molar-refractivity contribution >= 4 is 5.91 Å². The normalized spacial score (nSPS) is 9.81. The number of hydrogen-bond donors (Lipinski definition) is 1. The maximum Gasteiger partial charge on any atom is 0.222 e. The third-order valence-electron chi connectivity index (χ3n) is 2.26. The third kappa shape index (κ3) is 7.21. The van der Waals surface area contributed by atoms with E-state index in [1.54, 1.807) is 12.0 Å². The van der Waals surface area contributed by atoms with Crippen molar-refractivity contribution in [3.05, 3.63) is 0 Å². The molecule has 0 aromatic carbocycles. The predicted octanol–water partition coefficient (Wildman–Crippen LogP) is 0.504. The van der Waals surface area contributed by atoms with Crippen LogP contribution in [0.25, 0.3) is 0 Å². The molecule has 0 unspecified atom stereocenters. The Kier molecular flexibility index (Phi) is 9.67. The van der Waals surface area contributed by atoms with Crippen molar-refractivity contribution in [2.24, 2.45) is 5.73 Å². The number of nitrogens with two attached hydrogens (primary N) is 1. The summed E-state index contributed by atoms with van der Waals surface area (Å²) in [6.07, 6.45) is 2.55. The summed E-state index contributed by atoms with van der Waals surface area (Å²) in [4.78, 5) is 13.4. The van der Waals surface area contributed by atoms with Gasteiger partial charge in [0.05, 0.1) is 19.1 Å². The summed E-state index contributed by atoms with van der Waals surface area (Å²) >= 11 is 0. The van der Waals surface area contributed by atoms with Gasteiger partial charge in [0.15, 0.2) is 0 Å². The summed E-state index contributed by atoms with van der Waals surface area (Å²) < 4.78 is 4.93. The quantitative estimate of drug-likeness (QED) is 0.582. The molecular formula is C11H21N3O2. The molecule has 0 aliphatic heterocycles. The van der Waals surface area contributed by atoms with Crippen LogP contribution in [0.1, 0.15) is 25.7 Å². The van der Waals surface area contributed by atoms with E-state index in [4.69, 9.17) is 15.7 Å². The molecule has 0 saturated carbocycles. The number of amides is 1. The van der Waals surface area contributed by atoms with E-state index in [1.165, 1.54) is 0 Å². The average Bonchev–Trinajstić information content (AvgIpc) is 2.29. The highest BCUT2D eigenvalue weighted by Crippen LogP contribution is 2.01. The summed E-state index contributed by atoms with van der Waals surface area (Å²) in [5.41, 5.74) is 5.36. The van der Waals surface area contributed by atoms with Gasteiger partial charge >= 0.3 is 0 Å². The summed E-state index contributed by atoms with van der Waals surface area (Å²) in [6, 6.07) is 2.04. The van der Waals surface area contributed by atoms with Gasteiger partial charge in [-0.1, -0.05) is 0 Å². The maximum absolute atomic E-state index is 11.7. The van der Waals surface area contributed by atoms with Gasteiger partial charge in [-0.25, -0.2) is 0 Å². The average molecular weight is 227 g/mol. The lowest BCUT2D eigenvalue weighted by atomic mass is 10.2. The smallest absolute Gasteiger partial charge is 0.222 e. The lowest BCUT2D eigenvalue weighted by Gasteiger charge is -2.21. The molecule has 2 N–H and O–H groups in total. The summed E-state index contributed by atoms with van der Waals surface area (Å²) in [6.45, 7) is 2.17. The number of carbonyl (C=O) groups excluding carboxylic acids is 1. The monoisotopic (exact) mass is 227 g/mol. The van der Waals surface area contributed by atoms with E-state index < -0.39 is 0 Å². The first-order valence-electron chi connectivity index (χ1n) is 5.60. The number of unbranched alkanes of at least 4 members (excludes halogenated alkanes) is 1. The third-order valence-corrected chi connectivity index (χ3v) is 2.26. The zero-order chi connectivity index (χ0) is 12.2. The highest BCUT2D eigenvalue weighted by atomic mass is 16.5. The Labute approximate surface area is 97.2 Å². The van der Waals surface area contributed by atoms with Crippen molar-refractivity contribution in [2.75, 3.05) is 33.4 Å². The Balaban J connectivity index is 3.94. The van der Waals surface area contributed by atoms with Crippen molar-refractivity contribution in [2.45, 2.75) is 25.7 Å². The number of nitriles is 1. The van der Waals surface area contributed by atoms with Crippen LogP contribution in [0.5, 0.6) is 0 Å². The number of nitrogens with zero attached hydrogens (tertiary/aromatic N) is 2. The molecule has 92 valence electrons. The number of ether oxygens (including phenoxy) is 1. The highest BCUT2D eigenvalue weighted by Gasteiger charge is 2.11. The molecule has 0 bridgehead atoms. The van der Waals surface area contributed by atoms with Crippen molar-refractivity contribution in [3.8, 4) is 6.07 Å². The molecule has 0 aliphatic carbocycles. The lowest BCUT2D eigenvalue weighted by Crippen LogP contribution is -2.34. The van der Waals surface area contributed by atoms with E-state index in [0.717, 1.165) is 12.8 Å². The van der Waals surface area contributed by atoms with Gasteiger partial charge in [-0.15, -0.1) is 0 Å². The van der Waals surface area contributed by atoms with Crippen LogP contribution in [0.4, 0.5) is 0 Å². The van der Waals surface area contributed by atoms with Gasteiger partial charge in [-0.2, -0.15) is 5.26 Å². The Hall–Kier alpha value is -1.12. The minimum atomic E-state index is 0.0840. The van der Waals surface area contributed by atoms with E-state index in [9.17, 15) is 4.79 Å². The van der Waals surface area contributed by atoms with Gasteiger partial charge in [-0.05, 0) is 19.4 Å². The van der Waals surface area contributed by atoms with Crippen molar-refractivity contribution in [3.63, 3.8) is 0 Å². The Bertz CT molecular complexity index is 226. The number of methoxy groups -OCH3 is 1. The lowest BCUT2D eigenvalue weighted by molar-refractivity contribution is -0.131. The Morgan fingerprint density at radius 3 is 2.75 bits per heavy atom. The van der Waals surface area contributed by atoms with Crippen LogP contribution in [-0.4, -0.2) is 44.2 Å². The van der Waals surface area contributed by atoms with Crippen molar-refractivity contribution < 1.29 is 9.53 Å². The van der Waals surface area contributed by atoms with Gasteiger partial charge < -0.3 is 15.4 Å². The second kappa shape index (κ2) is 10.4. The summed E-state index contributed by atoms with van der Waals surface area (Å²) in [7, 11) is 1.60. The molecule has 0 heterocycles. The molecule has 0 aromatic rings. The fourth-order valence-electron chi connectivity index (χ4n) is 1.33. The van der Waals surface area contributed by atoms with Crippen LogP contribution in [0, 0.1) is 11.3 Å². The van der Waals surface area contributed by atoms with Crippen LogP contribution in [0.15, 0.2) is 0 Å². The van der Waals surface area contributed by atoms with E-state index in [-0.39, 0.29) is 5.91 Å². The minimum Gasteiger partial charge on any atom is -0.383 e. The molecule has 0 aliphatic rings. The zero-order valence-electron chi connectivity index (χ0n) is 9.95. The first kappa shape index (κ1) is 14.9. The molecule has 5 nitrogen and oxygen atoms in total. The Morgan fingerprint density at radius 2 is 2.19 bits per heavy atom. The van der Waals surface area contributed by atoms with Crippen LogP contribution >= 0.6 is 0 Å². The van der Waals surface area contributed by atoms with Crippen LogP contribution in [0.3, 0.4) is 0 Å². The predicted molar refractivity (Wildman–Crippen MR) is 61.6 cm³/mol. The van der Waals surface area contributed by atoms with E-state index in [1.807, 2.05) is 6.07 Å². The molecule has 0 saturated heterocycles. The summed E-state index contributed by atoms with van der Waals surface area (Å²) in [5, 5.41) is 8.50.